The number of aromatic nitrogens is 2. The average Bonchev–Trinajstić information content (AvgIpc) is 2.46. The second kappa shape index (κ2) is 6.26. The second-order valence-electron chi connectivity index (χ2n) is 4.75. The van der Waals surface area contributed by atoms with E-state index in [9.17, 15) is 9.59 Å². The number of hydrogen-bond donors (Lipinski definition) is 1. The normalized spacial score (nSPS) is 16.2. The van der Waals surface area contributed by atoms with E-state index in [0.717, 1.165) is 25.9 Å². The van der Waals surface area contributed by atoms with Gasteiger partial charge in [-0.1, -0.05) is 0 Å². The summed E-state index contributed by atoms with van der Waals surface area (Å²) in [7, 11) is 0. The quantitative estimate of drug-likeness (QED) is 0.859. The molecule has 1 N–H and O–H groups in total. The Morgan fingerprint density at radius 3 is 2.68 bits per heavy atom. The van der Waals surface area contributed by atoms with Crippen LogP contribution in [0.1, 0.15) is 30.3 Å². The first-order chi connectivity index (χ1) is 9.16. The van der Waals surface area contributed by atoms with Crippen LogP contribution in [-0.2, 0) is 4.79 Å². The number of piperidine rings is 1. The van der Waals surface area contributed by atoms with E-state index in [4.69, 9.17) is 0 Å². The second-order valence-corrected chi connectivity index (χ2v) is 4.75. The lowest BCUT2D eigenvalue weighted by Gasteiger charge is -2.31. The molecule has 0 unspecified atom stereocenters. The Bertz CT molecular complexity index is 441. The molecule has 0 aliphatic carbocycles. The minimum absolute atomic E-state index is 0.127. The lowest BCUT2D eigenvalue weighted by atomic mass is 9.97. The van der Waals surface area contributed by atoms with Crippen molar-refractivity contribution >= 4 is 11.8 Å². The van der Waals surface area contributed by atoms with Gasteiger partial charge in [-0.05, 0) is 18.8 Å². The zero-order chi connectivity index (χ0) is 13.7. The highest BCUT2D eigenvalue weighted by molar-refractivity contribution is 5.91. The lowest BCUT2D eigenvalue weighted by molar-refractivity contribution is -0.130. The van der Waals surface area contributed by atoms with Crippen LogP contribution in [-0.4, -0.2) is 46.3 Å². The van der Waals surface area contributed by atoms with E-state index in [1.807, 2.05) is 4.90 Å². The maximum atomic E-state index is 11.8. The van der Waals surface area contributed by atoms with Crippen molar-refractivity contribution in [2.24, 2.45) is 5.92 Å². The molecule has 0 atom stereocenters. The first-order valence-electron chi connectivity index (χ1n) is 6.46. The van der Waals surface area contributed by atoms with Crippen LogP contribution in [0.3, 0.4) is 0 Å². The molecule has 2 amide bonds. The summed E-state index contributed by atoms with van der Waals surface area (Å²) in [6.45, 7) is 3.78. The number of hydrogen-bond acceptors (Lipinski definition) is 4. The number of carbonyl (C=O) groups excluding carboxylic acids is 2. The molecule has 0 bridgehead atoms. The molecule has 6 nitrogen and oxygen atoms in total. The minimum Gasteiger partial charge on any atom is -0.350 e. The van der Waals surface area contributed by atoms with Gasteiger partial charge in [0.05, 0.1) is 6.20 Å². The third-order valence-corrected chi connectivity index (χ3v) is 3.41. The van der Waals surface area contributed by atoms with Crippen LogP contribution < -0.4 is 5.32 Å². The summed E-state index contributed by atoms with van der Waals surface area (Å²) in [5.74, 6) is 0.361. The van der Waals surface area contributed by atoms with Crippen LogP contribution in [0.5, 0.6) is 0 Å². The fourth-order valence-electron chi connectivity index (χ4n) is 2.20. The van der Waals surface area contributed by atoms with Crippen molar-refractivity contribution < 1.29 is 9.59 Å². The van der Waals surface area contributed by atoms with Gasteiger partial charge in [-0.15, -0.1) is 0 Å². The predicted molar refractivity (Wildman–Crippen MR) is 69.3 cm³/mol. The Hall–Kier alpha value is -1.98. The van der Waals surface area contributed by atoms with Crippen LogP contribution in [0.4, 0.5) is 0 Å². The third kappa shape index (κ3) is 3.74. The summed E-state index contributed by atoms with van der Waals surface area (Å²) in [6.07, 6.45) is 6.35. The molecule has 2 heterocycles. The molecule has 2 rings (SSSR count). The third-order valence-electron chi connectivity index (χ3n) is 3.41. The zero-order valence-electron chi connectivity index (χ0n) is 11.0. The molecule has 0 spiro atoms. The number of nitrogens with zero attached hydrogens (tertiary/aromatic N) is 3. The van der Waals surface area contributed by atoms with E-state index >= 15 is 0 Å². The molecule has 1 aromatic rings. The highest BCUT2D eigenvalue weighted by Crippen LogP contribution is 2.16. The van der Waals surface area contributed by atoms with Gasteiger partial charge in [0.2, 0.25) is 5.91 Å². The SMILES string of the molecule is CC(=O)N1CCC(CNC(=O)c2cnccn2)CC1. The van der Waals surface area contributed by atoms with E-state index in [-0.39, 0.29) is 11.8 Å². The van der Waals surface area contributed by atoms with Crippen LogP contribution in [0.15, 0.2) is 18.6 Å². The van der Waals surface area contributed by atoms with Gasteiger partial charge in [-0.25, -0.2) is 4.98 Å². The van der Waals surface area contributed by atoms with Crippen molar-refractivity contribution in [3.8, 4) is 0 Å². The summed E-state index contributed by atoms with van der Waals surface area (Å²) >= 11 is 0. The van der Waals surface area contributed by atoms with Gasteiger partial charge in [0.1, 0.15) is 5.69 Å². The van der Waals surface area contributed by atoms with Gasteiger partial charge in [0.15, 0.2) is 0 Å². The van der Waals surface area contributed by atoms with Crippen molar-refractivity contribution in [1.82, 2.24) is 20.2 Å². The Morgan fingerprint density at radius 2 is 2.11 bits per heavy atom. The lowest BCUT2D eigenvalue weighted by Crippen LogP contribution is -2.40. The van der Waals surface area contributed by atoms with E-state index < -0.39 is 0 Å². The fourth-order valence-corrected chi connectivity index (χ4v) is 2.20. The number of nitrogens with one attached hydrogen (secondary N) is 1. The molecule has 0 saturated carbocycles. The fraction of sp³-hybridized carbons (Fsp3) is 0.538. The van der Waals surface area contributed by atoms with Crippen LogP contribution >= 0.6 is 0 Å². The Balaban J connectivity index is 1.75. The van der Waals surface area contributed by atoms with Gasteiger partial charge in [0.25, 0.3) is 5.91 Å². The number of amides is 2. The summed E-state index contributed by atoms with van der Waals surface area (Å²) in [5.41, 5.74) is 0.337. The summed E-state index contributed by atoms with van der Waals surface area (Å²) in [6, 6.07) is 0. The first-order valence-corrected chi connectivity index (χ1v) is 6.46. The number of carbonyl (C=O) groups is 2. The van der Waals surface area contributed by atoms with E-state index in [0.29, 0.717) is 18.2 Å². The summed E-state index contributed by atoms with van der Waals surface area (Å²) in [4.78, 5) is 32.6. The molecule has 19 heavy (non-hydrogen) atoms. The Kier molecular flexibility index (Phi) is 4.43. The average molecular weight is 262 g/mol. The van der Waals surface area contributed by atoms with Gasteiger partial charge in [-0.3, -0.25) is 14.6 Å². The van der Waals surface area contributed by atoms with Crippen molar-refractivity contribution in [1.29, 1.82) is 0 Å². The zero-order valence-corrected chi connectivity index (χ0v) is 11.0. The standard InChI is InChI=1S/C13H18N4O2/c1-10(18)17-6-2-11(3-7-17)8-16-13(19)12-9-14-4-5-15-12/h4-5,9,11H,2-3,6-8H2,1H3,(H,16,19). The smallest absolute Gasteiger partial charge is 0.271 e. The Labute approximate surface area is 112 Å². The maximum Gasteiger partial charge on any atom is 0.271 e. The molecule has 1 fully saturated rings. The van der Waals surface area contributed by atoms with Crippen LogP contribution in [0.25, 0.3) is 0 Å². The van der Waals surface area contributed by atoms with E-state index in [1.54, 1.807) is 6.92 Å². The van der Waals surface area contributed by atoms with Gasteiger partial charge < -0.3 is 10.2 Å². The summed E-state index contributed by atoms with van der Waals surface area (Å²) < 4.78 is 0. The molecular weight excluding hydrogens is 244 g/mol. The van der Waals surface area contributed by atoms with Crippen molar-refractivity contribution in [3.05, 3.63) is 24.3 Å². The molecule has 0 radical (unpaired) electrons. The molecule has 1 saturated heterocycles. The van der Waals surface area contributed by atoms with Crippen LogP contribution in [0, 0.1) is 5.92 Å². The van der Waals surface area contributed by atoms with Crippen molar-refractivity contribution in [2.75, 3.05) is 19.6 Å². The number of likely N-dealkylation sites (tertiary alicyclic amines) is 1. The highest BCUT2D eigenvalue weighted by Gasteiger charge is 2.21. The molecule has 1 aromatic heterocycles. The van der Waals surface area contributed by atoms with Gasteiger partial charge >= 0.3 is 0 Å². The molecule has 0 aromatic carbocycles. The van der Waals surface area contributed by atoms with E-state index in [2.05, 4.69) is 15.3 Å². The molecule has 1 aliphatic rings. The predicted octanol–water partition coefficient (Wildman–Crippen LogP) is 0.465. The molecule has 6 heteroatoms. The molecular formula is C13H18N4O2. The Morgan fingerprint density at radius 1 is 1.37 bits per heavy atom. The maximum absolute atomic E-state index is 11.8. The first kappa shape index (κ1) is 13.5. The van der Waals surface area contributed by atoms with E-state index in [1.165, 1.54) is 18.6 Å². The van der Waals surface area contributed by atoms with Crippen molar-refractivity contribution in [2.45, 2.75) is 19.8 Å². The molecule has 1 aliphatic heterocycles. The van der Waals surface area contributed by atoms with Crippen LogP contribution in [0.2, 0.25) is 0 Å². The minimum atomic E-state index is -0.193. The van der Waals surface area contributed by atoms with Gasteiger partial charge in [0, 0.05) is 39.0 Å². The topological polar surface area (TPSA) is 75.2 Å². The largest absolute Gasteiger partial charge is 0.350 e. The van der Waals surface area contributed by atoms with Crippen molar-refractivity contribution in [3.63, 3.8) is 0 Å². The summed E-state index contributed by atoms with van der Waals surface area (Å²) in [5, 5.41) is 2.87. The monoisotopic (exact) mass is 262 g/mol. The number of rotatable bonds is 3. The highest BCUT2D eigenvalue weighted by atomic mass is 16.2. The van der Waals surface area contributed by atoms with Gasteiger partial charge in [-0.2, -0.15) is 0 Å². The molecule has 102 valence electrons.